The van der Waals surface area contributed by atoms with E-state index in [4.69, 9.17) is 5.41 Å². The summed E-state index contributed by atoms with van der Waals surface area (Å²) in [7, 11) is 0. The van der Waals surface area contributed by atoms with Crippen molar-refractivity contribution in [2.24, 2.45) is 0 Å². The summed E-state index contributed by atoms with van der Waals surface area (Å²) in [5.74, 6) is -1.21. The molecule has 3 N–H and O–H groups in total. The molecule has 1 aliphatic heterocycles. The number of carbonyl (C=O) groups excluding carboxylic acids is 2. The minimum absolute atomic E-state index is 0.164. The molecule has 1 aromatic heterocycles. The zero-order chi connectivity index (χ0) is 23.4. The third-order valence-corrected chi connectivity index (χ3v) is 5.48. The first-order chi connectivity index (χ1) is 15.9. The lowest BCUT2D eigenvalue weighted by molar-refractivity contribution is 0.102. The fourth-order valence-corrected chi connectivity index (χ4v) is 3.68. The van der Waals surface area contributed by atoms with E-state index in [-0.39, 0.29) is 22.6 Å². The Morgan fingerprint density at radius 3 is 2.39 bits per heavy atom. The highest BCUT2D eigenvalue weighted by atomic mass is 19.1. The predicted molar refractivity (Wildman–Crippen MR) is 125 cm³/mol. The average molecular weight is 445 g/mol. The van der Waals surface area contributed by atoms with Gasteiger partial charge in [-0.25, -0.2) is 9.37 Å². The van der Waals surface area contributed by atoms with E-state index < -0.39 is 17.6 Å². The van der Waals surface area contributed by atoms with Gasteiger partial charge in [-0.2, -0.15) is 0 Å². The largest absolute Gasteiger partial charge is 0.357 e. The first-order valence-electron chi connectivity index (χ1n) is 10.7. The van der Waals surface area contributed by atoms with Crippen molar-refractivity contribution in [1.82, 2.24) is 9.88 Å². The van der Waals surface area contributed by atoms with Gasteiger partial charge in [0.25, 0.3) is 11.8 Å². The maximum atomic E-state index is 14.8. The minimum atomic E-state index is -0.722. The van der Waals surface area contributed by atoms with Crippen LogP contribution in [0, 0.1) is 18.2 Å². The molecular weight excluding hydrogens is 421 g/mol. The van der Waals surface area contributed by atoms with Crippen molar-refractivity contribution in [3.05, 3.63) is 88.9 Å². The molecule has 2 aromatic carbocycles. The van der Waals surface area contributed by atoms with Crippen LogP contribution >= 0.6 is 0 Å². The minimum Gasteiger partial charge on any atom is -0.357 e. The lowest BCUT2D eigenvalue weighted by Gasteiger charge is -2.19. The molecule has 1 aliphatic rings. The second kappa shape index (κ2) is 9.60. The van der Waals surface area contributed by atoms with Gasteiger partial charge in [0.05, 0.1) is 16.8 Å². The quantitative estimate of drug-likeness (QED) is 0.399. The predicted octanol–water partition coefficient (Wildman–Crippen LogP) is 4.45. The molecule has 0 bridgehead atoms. The summed E-state index contributed by atoms with van der Waals surface area (Å²) < 4.78 is 14.8. The molecule has 3 aromatic rings. The van der Waals surface area contributed by atoms with Gasteiger partial charge >= 0.3 is 0 Å². The van der Waals surface area contributed by atoms with Crippen LogP contribution in [0.1, 0.15) is 44.7 Å². The molecule has 1 fully saturated rings. The van der Waals surface area contributed by atoms with E-state index >= 15 is 0 Å². The number of amides is 2. The summed E-state index contributed by atoms with van der Waals surface area (Å²) in [4.78, 5) is 31.6. The summed E-state index contributed by atoms with van der Waals surface area (Å²) in [5, 5.41) is 13.6. The van der Waals surface area contributed by atoms with E-state index in [1.807, 2.05) is 17.9 Å². The van der Waals surface area contributed by atoms with Gasteiger partial charge in [-0.15, -0.1) is 0 Å². The van der Waals surface area contributed by atoms with Crippen molar-refractivity contribution in [2.45, 2.75) is 19.8 Å². The number of carbonyl (C=O) groups is 2. The van der Waals surface area contributed by atoms with Crippen LogP contribution in [0.25, 0.3) is 0 Å². The summed E-state index contributed by atoms with van der Waals surface area (Å²) in [5.41, 5.74) is 1.70. The van der Waals surface area contributed by atoms with Crippen LogP contribution in [0.3, 0.4) is 0 Å². The van der Waals surface area contributed by atoms with Gasteiger partial charge in [0, 0.05) is 24.8 Å². The van der Waals surface area contributed by atoms with Crippen molar-refractivity contribution in [3.63, 3.8) is 0 Å². The number of pyridine rings is 1. The number of nitrogens with one attached hydrogen (secondary N) is 3. The number of aromatic nitrogens is 1. The number of hydrogen-bond donors (Lipinski definition) is 3. The number of halogens is 1. The highest BCUT2D eigenvalue weighted by Gasteiger charge is 2.20. The number of likely N-dealkylation sites (tertiary alicyclic amines) is 1. The molecule has 0 atom stereocenters. The molecule has 4 rings (SSSR count). The molecule has 0 aliphatic carbocycles. The molecule has 8 heteroatoms. The van der Waals surface area contributed by atoms with E-state index in [1.54, 1.807) is 42.6 Å². The Labute approximate surface area is 191 Å². The average Bonchev–Trinajstić information content (AvgIpc) is 3.35. The monoisotopic (exact) mass is 445 g/mol. The fraction of sp³-hybridized carbons (Fsp3) is 0.200. The number of anilines is 2. The Morgan fingerprint density at radius 2 is 1.70 bits per heavy atom. The topological polar surface area (TPSA) is 98.2 Å². The van der Waals surface area contributed by atoms with Gasteiger partial charge in [0.15, 0.2) is 0 Å². The summed E-state index contributed by atoms with van der Waals surface area (Å²) in [6, 6.07) is 14.1. The van der Waals surface area contributed by atoms with Crippen LogP contribution in [-0.2, 0) is 0 Å². The molecule has 0 unspecified atom stereocenters. The second-order valence-corrected chi connectivity index (χ2v) is 7.91. The Hall–Kier alpha value is -4.07. The Bertz CT molecular complexity index is 1200. The maximum absolute atomic E-state index is 14.8. The zero-order valence-electron chi connectivity index (χ0n) is 18.2. The highest BCUT2D eigenvalue weighted by molar-refractivity contribution is 6.12. The number of para-hydroxylation sites is 1. The summed E-state index contributed by atoms with van der Waals surface area (Å²) in [6.07, 6.45) is 3.66. The Balaban J connectivity index is 1.50. The van der Waals surface area contributed by atoms with Crippen LogP contribution in [0.2, 0.25) is 0 Å². The number of hydrogen-bond acceptors (Lipinski definition) is 4. The standard InChI is InChI=1S/C25H24FN5O2/c1-16-8-11-22(28-15-16)30-25(33)19-6-2-3-7-21(19)29-24(32)18-10-9-17(14-20(18)26)23(27)31-12-4-5-13-31/h2-3,6-11,14-15,27H,4-5,12-13H2,1H3,(H,29,32)(H,28,30,33). The van der Waals surface area contributed by atoms with Crippen LogP contribution in [0.15, 0.2) is 60.8 Å². The van der Waals surface area contributed by atoms with E-state index in [9.17, 15) is 14.0 Å². The molecule has 0 radical (unpaired) electrons. The SMILES string of the molecule is Cc1ccc(NC(=O)c2ccccc2NC(=O)c2ccc(C(=N)N3CCCC3)cc2F)nc1. The van der Waals surface area contributed by atoms with Gasteiger partial charge in [-0.1, -0.05) is 24.3 Å². The van der Waals surface area contributed by atoms with Crippen molar-refractivity contribution in [3.8, 4) is 0 Å². The number of amidine groups is 1. The normalized spacial score (nSPS) is 13.0. The molecular formula is C25H24FN5O2. The second-order valence-electron chi connectivity index (χ2n) is 7.91. The molecule has 0 saturated carbocycles. The molecule has 2 amide bonds. The molecule has 1 saturated heterocycles. The third kappa shape index (κ3) is 5.06. The Kier molecular flexibility index (Phi) is 6.44. The Morgan fingerprint density at radius 1 is 0.970 bits per heavy atom. The van der Waals surface area contributed by atoms with Crippen molar-refractivity contribution < 1.29 is 14.0 Å². The van der Waals surface area contributed by atoms with E-state index in [1.165, 1.54) is 12.1 Å². The number of benzene rings is 2. The molecule has 2 heterocycles. The molecule has 0 spiro atoms. The first kappa shape index (κ1) is 22.1. The highest BCUT2D eigenvalue weighted by Crippen LogP contribution is 2.20. The number of nitrogens with zero attached hydrogens (tertiary/aromatic N) is 2. The van der Waals surface area contributed by atoms with Crippen LogP contribution in [0.5, 0.6) is 0 Å². The van der Waals surface area contributed by atoms with E-state index in [0.29, 0.717) is 11.4 Å². The fourth-order valence-electron chi connectivity index (χ4n) is 3.68. The molecule has 33 heavy (non-hydrogen) atoms. The number of rotatable bonds is 5. The zero-order valence-corrected chi connectivity index (χ0v) is 18.2. The maximum Gasteiger partial charge on any atom is 0.258 e. The van der Waals surface area contributed by atoms with Crippen LogP contribution in [-0.4, -0.2) is 40.6 Å². The van der Waals surface area contributed by atoms with Gasteiger partial charge in [0.2, 0.25) is 0 Å². The smallest absolute Gasteiger partial charge is 0.258 e. The van der Waals surface area contributed by atoms with Crippen molar-refractivity contribution in [2.75, 3.05) is 23.7 Å². The first-order valence-corrected chi connectivity index (χ1v) is 10.7. The molecule has 7 nitrogen and oxygen atoms in total. The molecule has 168 valence electrons. The van der Waals surface area contributed by atoms with Gasteiger partial charge in [-0.05, 0) is 55.7 Å². The van der Waals surface area contributed by atoms with Gasteiger partial charge in [0.1, 0.15) is 17.5 Å². The van der Waals surface area contributed by atoms with Crippen LogP contribution in [0.4, 0.5) is 15.9 Å². The lowest BCUT2D eigenvalue weighted by Crippen LogP contribution is -2.28. The third-order valence-electron chi connectivity index (χ3n) is 5.48. The van der Waals surface area contributed by atoms with E-state index in [2.05, 4.69) is 15.6 Å². The van der Waals surface area contributed by atoms with Crippen molar-refractivity contribution in [1.29, 1.82) is 5.41 Å². The number of aryl methyl sites for hydroxylation is 1. The van der Waals surface area contributed by atoms with E-state index in [0.717, 1.165) is 31.5 Å². The van der Waals surface area contributed by atoms with Crippen molar-refractivity contribution >= 4 is 29.2 Å². The summed E-state index contributed by atoms with van der Waals surface area (Å²) >= 11 is 0. The van der Waals surface area contributed by atoms with Gasteiger partial charge in [-0.3, -0.25) is 15.0 Å². The van der Waals surface area contributed by atoms with Gasteiger partial charge < -0.3 is 15.5 Å². The lowest BCUT2D eigenvalue weighted by atomic mass is 10.1. The van der Waals surface area contributed by atoms with Crippen LogP contribution < -0.4 is 10.6 Å². The summed E-state index contributed by atoms with van der Waals surface area (Å²) in [6.45, 7) is 3.45.